The molecule has 3 nitrogen and oxygen atoms in total. The average molecular weight is 212 g/mol. The fraction of sp³-hybridized carbons (Fsp3) is 1.00. The molecule has 2 saturated carbocycles. The van der Waals surface area contributed by atoms with Crippen molar-refractivity contribution in [3.63, 3.8) is 0 Å². The average Bonchev–Trinajstić information content (AvgIpc) is 2.25. The van der Waals surface area contributed by atoms with Crippen LogP contribution in [0, 0.1) is 0 Å². The zero-order valence-corrected chi connectivity index (χ0v) is 9.53. The molecule has 0 saturated heterocycles. The Kier molecular flexibility index (Phi) is 4.00. The summed E-state index contributed by atoms with van der Waals surface area (Å²) in [6.45, 7) is 0. The first-order valence-electron chi connectivity index (χ1n) is 6.40. The van der Waals surface area contributed by atoms with Crippen molar-refractivity contribution in [2.45, 2.75) is 75.7 Å². The third kappa shape index (κ3) is 3.44. The van der Waals surface area contributed by atoms with E-state index in [1.54, 1.807) is 0 Å². The summed E-state index contributed by atoms with van der Waals surface area (Å²) in [5.41, 5.74) is 11.8. The molecule has 0 amide bonds. The molecule has 0 bridgehead atoms. The highest BCUT2D eigenvalue weighted by Crippen LogP contribution is 2.26. The lowest BCUT2D eigenvalue weighted by Crippen LogP contribution is -2.35. The van der Waals surface area contributed by atoms with E-state index in [1.807, 2.05) is 0 Å². The maximum Gasteiger partial charge on any atom is 0.0580 e. The lowest BCUT2D eigenvalue weighted by atomic mass is 9.91. The predicted octanol–water partition coefficient (Wildman–Crippen LogP) is 1.54. The van der Waals surface area contributed by atoms with E-state index < -0.39 is 0 Å². The van der Waals surface area contributed by atoms with Crippen molar-refractivity contribution in [3.05, 3.63) is 0 Å². The van der Waals surface area contributed by atoms with Crippen LogP contribution in [-0.4, -0.2) is 24.3 Å². The highest BCUT2D eigenvalue weighted by Gasteiger charge is 2.25. The van der Waals surface area contributed by atoms with Crippen molar-refractivity contribution < 1.29 is 4.74 Å². The van der Waals surface area contributed by atoms with Gasteiger partial charge in [-0.3, -0.25) is 0 Å². The van der Waals surface area contributed by atoms with E-state index in [2.05, 4.69) is 0 Å². The van der Waals surface area contributed by atoms with Gasteiger partial charge in [-0.1, -0.05) is 0 Å². The Labute approximate surface area is 92.5 Å². The molecule has 0 heterocycles. The van der Waals surface area contributed by atoms with Crippen LogP contribution in [0.1, 0.15) is 51.4 Å². The molecule has 0 radical (unpaired) electrons. The van der Waals surface area contributed by atoms with E-state index in [4.69, 9.17) is 16.2 Å². The maximum atomic E-state index is 6.12. The fourth-order valence-electron chi connectivity index (χ4n) is 2.72. The van der Waals surface area contributed by atoms with Crippen molar-refractivity contribution in [3.8, 4) is 0 Å². The van der Waals surface area contributed by atoms with Crippen molar-refractivity contribution in [1.82, 2.24) is 0 Å². The largest absolute Gasteiger partial charge is 0.375 e. The normalized spacial score (nSPS) is 42.8. The topological polar surface area (TPSA) is 61.3 Å². The van der Waals surface area contributed by atoms with Gasteiger partial charge < -0.3 is 16.2 Å². The van der Waals surface area contributed by atoms with E-state index in [1.165, 1.54) is 0 Å². The summed E-state index contributed by atoms with van der Waals surface area (Å²) in [5.74, 6) is 0. The predicted molar refractivity (Wildman–Crippen MR) is 61.5 cm³/mol. The summed E-state index contributed by atoms with van der Waals surface area (Å²) in [5, 5.41) is 0. The smallest absolute Gasteiger partial charge is 0.0580 e. The molecular formula is C12H24N2O. The van der Waals surface area contributed by atoms with Crippen LogP contribution in [0.4, 0.5) is 0 Å². The molecule has 0 aliphatic heterocycles. The summed E-state index contributed by atoms with van der Waals surface area (Å²) in [4.78, 5) is 0. The molecule has 0 spiro atoms. The van der Waals surface area contributed by atoms with Gasteiger partial charge in [-0.25, -0.2) is 0 Å². The number of hydrogen-bond acceptors (Lipinski definition) is 3. The van der Waals surface area contributed by atoms with Crippen molar-refractivity contribution in [1.29, 1.82) is 0 Å². The Balaban J connectivity index is 1.68. The molecular weight excluding hydrogens is 188 g/mol. The Hall–Kier alpha value is -0.120. The second kappa shape index (κ2) is 5.28. The maximum absolute atomic E-state index is 6.12. The summed E-state index contributed by atoms with van der Waals surface area (Å²) >= 11 is 0. The summed E-state index contributed by atoms with van der Waals surface area (Å²) < 4.78 is 6.12. The van der Waals surface area contributed by atoms with Crippen LogP contribution in [0.5, 0.6) is 0 Å². The summed E-state index contributed by atoms with van der Waals surface area (Å²) in [7, 11) is 0. The third-order valence-corrected chi connectivity index (χ3v) is 3.82. The summed E-state index contributed by atoms with van der Waals surface area (Å²) in [6.07, 6.45) is 10.1. The van der Waals surface area contributed by atoms with Crippen molar-refractivity contribution in [2.75, 3.05) is 0 Å². The highest BCUT2D eigenvalue weighted by molar-refractivity contribution is 4.79. The Morgan fingerprint density at radius 3 is 1.27 bits per heavy atom. The molecule has 2 rings (SSSR count). The monoisotopic (exact) mass is 212 g/mol. The molecule has 4 N–H and O–H groups in total. The SMILES string of the molecule is NC1CCC(OC2CCC(N)CC2)CC1. The minimum Gasteiger partial charge on any atom is -0.375 e. The molecule has 2 aliphatic rings. The Morgan fingerprint density at radius 1 is 0.600 bits per heavy atom. The molecule has 15 heavy (non-hydrogen) atoms. The van der Waals surface area contributed by atoms with Gasteiger partial charge in [0.25, 0.3) is 0 Å². The molecule has 3 heteroatoms. The van der Waals surface area contributed by atoms with Crippen molar-refractivity contribution in [2.24, 2.45) is 11.5 Å². The van der Waals surface area contributed by atoms with Crippen LogP contribution < -0.4 is 11.5 Å². The third-order valence-electron chi connectivity index (χ3n) is 3.82. The minimum atomic E-state index is 0.421. The lowest BCUT2D eigenvalue weighted by molar-refractivity contribution is -0.0486. The lowest BCUT2D eigenvalue weighted by Gasteiger charge is -2.33. The first kappa shape index (κ1) is 11.4. The van der Waals surface area contributed by atoms with Crippen LogP contribution in [-0.2, 0) is 4.74 Å². The van der Waals surface area contributed by atoms with Crippen LogP contribution in [0.3, 0.4) is 0 Å². The molecule has 0 atom stereocenters. The van der Waals surface area contributed by atoms with Crippen LogP contribution >= 0.6 is 0 Å². The van der Waals surface area contributed by atoms with Gasteiger partial charge in [0.1, 0.15) is 0 Å². The van der Waals surface area contributed by atoms with E-state index >= 15 is 0 Å². The molecule has 0 aromatic heterocycles. The first-order valence-corrected chi connectivity index (χ1v) is 6.40. The second-order valence-electron chi connectivity index (χ2n) is 5.21. The molecule has 0 unspecified atom stereocenters. The fourth-order valence-corrected chi connectivity index (χ4v) is 2.72. The molecule has 0 aromatic rings. The van der Waals surface area contributed by atoms with E-state index in [0.717, 1.165) is 51.4 Å². The van der Waals surface area contributed by atoms with Crippen LogP contribution in [0.15, 0.2) is 0 Å². The van der Waals surface area contributed by atoms with Crippen molar-refractivity contribution >= 4 is 0 Å². The van der Waals surface area contributed by atoms with Gasteiger partial charge in [0.2, 0.25) is 0 Å². The van der Waals surface area contributed by atoms with E-state index in [0.29, 0.717) is 24.3 Å². The van der Waals surface area contributed by atoms with Gasteiger partial charge in [-0.15, -0.1) is 0 Å². The van der Waals surface area contributed by atoms with Gasteiger partial charge in [0, 0.05) is 12.1 Å². The van der Waals surface area contributed by atoms with Crippen LogP contribution in [0.25, 0.3) is 0 Å². The van der Waals surface area contributed by atoms with Crippen LogP contribution in [0.2, 0.25) is 0 Å². The quantitative estimate of drug-likeness (QED) is 0.730. The van der Waals surface area contributed by atoms with Gasteiger partial charge in [-0.2, -0.15) is 0 Å². The zero-order chi connectivity index (χ0) is 10.7. The summed E-state index contributed by atoms with van der Waals surface area (Å²) in [6, 6.07) is 0.842. The van der Waals surface area contributed by atoms with Gasteiger partial charge >= 0.3 is 0 Å². The minimum absolute atomic E-state index is 0.421. The Morgan fingerprint density at radius 2 is 0.933 bits per heavy atom. The van der Waals surface area contributed by atoms with E-state index in [9.17, 15) is 0 Å². The molecule has 2 fully saturated rings. The number of nitrogens with two attached hydrogens (primary N) is 2. The Bertz CT molecular complexity index is 162. The highest BCUT2D eigenvalue weighted by atomic mass is 16.5. The van der Waals surface area contributed by atoms with Gasteiger partial charge in [0.05, 0.1) is 12.2 Å². The number of hydrogen-bond donors (Lipinski definition) is 2. The zero-order valence-electron chi connectivity index (χ0n) is 9.53. The molecule has 88 valence electrons. The number of ether oxygens (including phenoxy) is 1. The standard InChI is InChI=1S/C12H24N2O/c13-9-1-5-11(6-2-9)15-12-7-3-10(14)4-8-12/h9-12H,1-8,13-14H2. The van der Waals surface area contributed by atoms with Gasteiger partial charge in [0.15, 0.2) is 0 Å². The molecule has 2 aliphatic carbocycles. The van der Waals surface area contributed by atoms with E-state index in [-0.39, 0.29) is 0 Å². The number of rotatable bonds is 2. The van der Waals surface area contributed by atoms with Gasteiger partial charge in [-0.05, 0) is 51.4 Å². The molecule has 0 aromatic carbocycles. The second-order valence-corrected chi connectivity index (χ2v) is 5.21. The first-order chi connectivity index (χ1) is 7.24.